The standard InChI is InChI=1S/C18H16F6N2O3S/c1-10-4-5-14(30(28,29)26(2)3)9-15(10)25-16(27)11-6-12(17(19,20)21)8-13(7-11)18(22,23)24/h4-9H,1-3H3,(H,25,27). The van der Waals surface area contributed by atoms with Gasteiger partial charge in [0.2, 0.25) is 10.0 Å². The van der Waals surface area contributed by atoms with E-state index in [2.05, 4.69) is 5.32 Å². The zero-order valence-electron chi connectivity index (χ0n) is 15.8. The molecule has 0 fully saturated rings. The summed E-state index contributed by atoms with van der Waals surface area (Å²) in [5.41, 5.74) is -3.87. The maximum Gasteiger partial charge on any atom is 0.416 e. The van der Waals surface area contributed by atoms with Crippen molar-refractivity contribution in [2.45, 2.75) is 24.2 Å². The van der Waals surface area contributed by atoms with Gasteiger partial charge >= 0.3 is 12.4 Å². The van der Waals surface area contributed by atoms with Crippen LogP contribution in [-0.2, 0) is 22.4 Å². The second-order valence-corrected chi connectivity index (χ2v) is 8.66. The van der Waals surface area contributed by atoms with Gasteiger partial charge in [0, 0.05) is 25.3 Å². The molecule has 0 heterocycles. The lowest BCUT2D eigenvalue weighted by Gasteiger charge is -2.16. The topological polar surface area (TPSA) is 66.5 Å². The Bertz CT molecular complexity index is 1040. The summed E-state index contributed by atoms with van der Waals surface area (Å²) in [6.07, 6.45) is -10.2. The Labute approximate surface area is 168 Å². The summed E-state index contributed by atoms with van der Waals surface area (Å²) in [5, 5.41) is 2.18. The number of carbonyl (C=O) groups excluding carboxylic acids is 1. The molecule has 0 saturated carbocycles. The maximum atomic E-state index is 13.0. The van der Waals surface area contributed by atoms with E-state index in [0.29, 0.717) is 17.7 Å². The summed E-state index contributed by atoms with van der Waals surface area (Å²) in [7, 11) is -1.34. The summed E-state index contributed by atoms with van der Waals surface area (Å²) >= 11 is 0. The number of carbonyl (C=O) groups is 1. The Morgan fingerprint density at radius 1 is 0.900 bits per heavy atom. The average molecular weight is 454 g/mol. The molecule has 0 aliphatic carbocycles. The number of nitrogens with one attached hydrogen (secondary N) is 1. The van der Waals surface area contributed by atoms with E-state index in [1.54, 1.807) is 0 Å². The SMILES string of the molecule is Cc1ccc(S(=O)(=O)N(C)C)cc1NC(=O)c1cc(C(F)(F)F)cc(C(F)(F)F)c1. The number of amides is 1. The lowest BCUT2D eigenvalue weighted by Crippen LogP contribution is -2.22. The minimum Gasteiger partial charge on any atom is -0.322 e. The maximum absolute atomic E-state index is 13.0. The smallest absolute Gasteiger partial charge is 0.322 e. The second-order valence-electron chi connectivity index (χ2n) is 6.51. The average Bonchev–Trinajstić information content (AvgIpc) is 2.61. The zero-order chi connectivity index (χ0) is 23.1. The fraction of sp³-hybridized carbons (Fsp3) is 0.278. The fourth-order valence-electron chi connectivity index (χ4n) is 2.39. The molecular weight excluding hydrogens is 438 g/mol. The first-order valence-corrected chi connectivity index (χ1v) is 9.61. The molecule has 1 N–H and O–H groups in total. The molecule has 1 amide bonds. The predicted octanol–water partition coefficient (Wildman–Crippen LogP) is 4.54. The number of alkyl halides is 6. The van der Waals surface area contributed by atoms with Gasteiger partial charge < -0.3 is 5.32 Å². The number of rotatable bonds is 4. The van der Waals surface area contributed by atoms with Gasteiger partial charge in [-0.25, -0.2) is 12.7 Å². The van der Waals surface area contributed by atoms with Crippen molar-refractivity contribution in [2.75, 3.05) is 19.4 Å². The van der Waals surface area contributed by atoms with Crippen molar-refractivity contribution in [1.29, 1.82) is 0 Å². The lowest BCUT2D eigenvalue weighted by atomic mass is 10.0. The number of anilines is 1. The summed E-state index contributed by atoms with van der Waals surface area (Å²) in [6.45, 7) is 1.48. The molecule has 30 heavy (non-hydrogen) atoms. The van der Waals surface area contributed by atoms with Crippen LogP contribution in [0.5, 0.6) is 0 Å². The van der Waals surface area contributed by atoms with Gasteiger partial charge in [0.1, 0.15) is 0 Å². The first kappa shape index (κ1) is 23.7. The van der Waals surface area contributed by atoms with E-state index in [1.807, 2.05) is 0 Å². The van der Waals surface area contributed by atoms with E-state index in [4.69, 9.17) is 0 Å². The Kier molecular flexibility index (Phi) is 6.24. The highest BCUT2D eigenvalue weighted by molar-refractivity contribution is 7.89. The van der Waals surface area contributed by atoms with Gasteiger partial charge in [-0.2, -0.15) is 26.3 Å². The number of hydrogen-bond acceptors (Lipinski definition) is 3. The van der Waals surface area contributed by atoms with Crippen molar-refractivity contribution in [3.63, 3.8) is 0 Å². The third-order valence-electron chi connectivity index (χ3n) is 4.09. The van der Waals surface area contributed by atoms with E-state index in [1.165, 1.54) is 33.2 Å². The third-order valence-corrected chi connectivity index (χ3v) is 5.90. The van der Waals surface area contributed by atoms with Gasteiger partial charge in [-0.15, -0.1) is 0 Å². The molecule has 5 nitrogen and oxygen atoms in total. The van der Waals surface area contributed by atoms with E-state index < -0.39 is 45.0 Å². The molecule has 0 atom stereocenters. The molecule has 2 aromatic rings. The van der Waals surface area contributed by atoms with E-state index in [9.17, 15) is 39.6 Å². The van der Waals surface area contributed by atoms with Crippen LogP contribution in [0.15, 0.2) is 41.3 Å². The molecule has 0 unspecified atom stereocenters. The summed E-state index contributed by atoms with van der Waals surface area (Å²) in [4.78, 5) is 12.2. The molecule has 0 aromatic heterocycles. The van der Waals surface area contributed by atoms with Crippen molar-refractivity contribution in [3.8, 4) is 0 Å². The summed E-state index contributed by atoms with van der Waals surface area (Å²) in [5.74, 6) is -1.26. The van der Waals surface area contributed by atoms with Gasteiger partial charge in [0.05, 0.1) is 16.0 Å². The quantitative estimate of drug-likeness (QED) is 0.691. The van der Waals surface area contributed by atoms with Gasteiger partial charge in [-0.3, -0.25) is 4.79 Å². The Hall–Kier alpha value is -2.60. The molecule has 0 spiro atoms. The van der Waals surface area contributed by atoms with Gasteiger partial charge in [0.15, 0.2) is 0 Å². The van der Waals surface area contributed by atoms with Crippen molar-refractivity contribution < 1.29 is 39.6 Å². The third kappa shape index (κ3) is 5.11. The Morgan fingerprint density at radius 2 is 1.40 bits per heavy atom. The molecule has 0 bridgehead atoms. The zero-order valence-corrected chi connectivity index (χ0v) is 16.6. The normalized spacial score (nSPS) is 12.9. The van der Waals surface area contributed by atoms with Crippen molar-refractivity contribution >= 4 is 21.6 Å². The summed E-state index contributed by atoms with van der Waals surface area (Å²) in [6, 6.07) is 4.17. The number of sulfonamides is 1. The van der Waals surface area contributed by atoms with Crippen LogP contribution in [0.4, 0.5) is 32.0 Å². The van der Waals surface area contributed by atoms with Crippen molar-refractivity contribution in [2.24, 2.45) is 0 Å². The fourth-order valence-corrected chi connectivity index (χ4v) is 3.32. The molecule has 0 saturated heterocycles. The van der Waals surface area contributed by atoms with Crippen LogP contribution in [0.1, 0.15) is 27.0 Å². The van der Waals surface area contributed by atoms with Crippen LogP contribution in [0.25, 0.3) is 0 Å². The molecule has 164 valence electrons. The predicted molar refractivity (Wildman–Crippen MR) is 96.5 cm³/mol. The van der Waals surface area contributed by atoms with E-state index in [0.717, 1.165) is 10.4 Å². The molecule has 0 radical (unpaired) electrons. The molecule has 12 heteroatoms. The van der Waals surface area contributed by atoms with Gasteiger partial charge in [-0.05, 0) is 42.8 Å². The number of aryl methyl sites for hydroxylation is 1. The minimum absolute atomic E-state index is 0.0751. The van der Waals surface area contributed by atoms with Crippen LogP contribution in [0, 0.1) is 6.92 Å². The van der Waals surface area contributed by atoms with Crippen molar-refractivity contribution in [3.05, 3.63) is 58.7 Å². The second kappa shape index (κ2) is 7.91. The number of hydrogen-bond donors (Lipinski definition) is 1. The molecule has 2 rings (SSSR count). The molecular formula is C18H16F6N2O3S. The van der Waals surface area contributed by atoms with Crippen LogP contribution in [0.2, 0.25) is 0 Å². The lowest BCUT2D eigenvalue weighted by molar-refractivity contribution is -0.143. The highest BCUT2D eigenvalue weighted by Crippen LogP contribution is 2.36. The Balaban J connectivity index is 2.50. The van der Waals surface area contributed by atoms with Crippen LogP contribution >= 0.6 is 0 Å². The molecule has 0 aliphatic rings. The van der Waals surface area contributed by atoms with Crippen molar-refractivity contribution in [1.82, 2.24) is 4.31 Å². The first-order chi connectivity index (χ1) is 13.5. The van der Waals surface area contributed by atoms with Crippen LogP contribution < -0.4 is 5.32 Å². The van der Waals surface area contributed by atoms with Crippen LogP contribution in [-0.4, -0.2) is 32.7 Å². The molecule has 2 aromatic carbocycles. The largest absolute Gasteiger partial charge is 0.416 e. The monoisotopic (exact) mass is 454 g/mol. The number of benzene rings is 2. The number of nitrogens with zero attached hydrogens (tertiary/aromatic N) is 1. The van der Waals surface area contributed by atoms with Gasteiger partial charge in [-0.1, -0.05) is 6.07 Å². The number of halogens is 6. The van der Waals surface area contributed by atoms with Crippen LogP contribution in [0.3, 0.4) is 0 Å². The van der Waals surface area contributed by atoms with E-state index >= 15 is 0 Å². The first-order valence-electron chi connectivity index (χ1n) is 8.17. The highest BCUT2D eigenvalue weighted by Gasteiger charge is 2.37. The Morgan fingerprint density at radius 3 is 1.83 bits per heavy atom. The van der Waals surface area contributed by atoms with Gasteiger partial charge in [0.25, 0.3) is 5.91 Å². The minimum atomic E-state index is -5.11. The van der Waals surface area contributed by atoms with E-state index in [-0.39, 0.29) is 16.6 Å². The highest BCUT2D eigenvalue weighted by atomic mass is 32.2. The molecule has 0 aliphatic heterocycles. The summed E-state index contributed by atoms with van der Waals surface area (Å²) < 4.78 is 103.